The minimum atomic E-state index is -0.602. The van der Waals surface area contributed by atoms with E-state index in [4.69, 9.17) is 24.2 Å². The smallest absolute Gasteiger partial charge is 0.338 e. The maximum Gasteiger partial charge on any atom is 0.338 e. The molecule has 0 spiro atoms. The SMILES string of the molecule is COCc1ccc(C(=O)OCC(=O)N(CCC#N)c2ccc3c(c2)OCCO3)cc1. The summed E-state index contributed by atoms with van der Waals surface area (Å²) in [4.78, 5) is 26.4. The molecule has 0 fully saturated rings. The lowest BCUT2D eigenvalue weighted by atomic mass is 10.1. The molecule has 3 rings (SSSR count). The summed E-state index contributed by atoms with van der Waals surface area (Å²) >= 11 is 0. The molecule has 8 nitrogen and oxygen atoms in total. The van der Waals surface area contributed by atoms with Gasteiger partial charge in [0.05, 0.1) is 24.7 Å². The number of fused-ring (bicyclic) bond motifs is 1. The van der Waals surface area contributed by atoms with E-state index in [-0.39, 0.29) is 13.0 Å². The number of hydrogen-bond donors (Lipinski definition) is 0. The van der Waals surface area contributed by atoms with E-state index in [0.717, 1.165) is 5.56 Å². The fraction of sp³-hybridized carbons (Fsp3) is 0.318. The fourth-order valence-electron chi connectivity index (χ4n) is 2.95. The van der Waals surface area contributed by atoms with Crippen LogP contribution in [0.1, 0.15) is 22.3 Å². The zero-order valence-electron chi connectivity index (χ0n) is 16.6. The van der Waals surface area contributed by atoms with Crippen LogP contribution in [0.4, 0.5) is 5.69 Å². The summed E-state index contributed by atoms with van der Waals surface area (Å²) in [6.07, 6.45) is 0.134. The summed E-state index contributed by atoms with van der Waals surface area (Å²) in [5.41, 5.74) is 1.80. The van der Waals surface area contributed by atoms with Crippen LogP contribution in [-0.4, -0.2) is 45.4 Å². The molecular weight excluding hydrogens is 388 g/mol. The van der Waals surface area contributed by atoms with Gasteiger partial charge in [-0.05, 0) is 29.8 Å². The van der Waals surface area contributed by atoms with Crippen LogP contribution in [0.25, 0.3) is 0 Å². The Bertz CT molecular complexity index is 936. The number of rotatable bonds is 8. The molecule has 0 radical (unpaired) electrons. The molecule has 0 bridgehead atoms. The first-order valence-corrected chi connectivity index (χ1v) is 9.44. The third-order valence-corrected chi connectivity index (χ3v) is 4.41. The van der Waals surface area contributed by atoms with Gasteiger partial charge in [-0.3, -0.25) is 4.79 Å². The summed E-state index contributed by atoms with van der Waals surface area (Å²) in [5, 5.41) is 8.94. The average molecular weight is 410 g/mol. The first kappa shape index (κ1) is 21.1. The Morgan fingerprint density at radius 2 is 1.83 bits per heavy atom. The molecule has 2 aromatic carbocycles. The Balaban J connectivity index is 1.66. The van der Waals surface area contributed by atoms with E-state index in [9.17, 15) is 9.59 Å². The number of benzene rings is 2. The molecule has 0 saturated carbocycles. The zero-order chi connectivity index (χ0) is 21.3. The molecule has 1 aliphatic rings. The van der Waals surface area contributed by atoms with Crippen molar-refractivity contribution in [3.8, 4) is 17.6 Å². The van der Waals surface area contributed by atoms with E-state index >= 15 is 0 Å². The van der Waals surface area contributed by atoms with E-state index < -0.39 is 18.5 Å². The van der Waals surface area contributed by atoms with Crippen molar-refractivity contribution in [3.05, 3.63) is 53.6 Å². The Morgan fingerprint density at radius 3 is 2.53 bits per heavy atom. The molecule has 1 heterocycles. The van der Waals surface area contributed by atoms with Crippen molar-refractivity contribution in [3.63, 3.8) is 0 Å². The van der Waals surface area contributed by atoms with Crippen LogP contribution < -0.4 is 14.4 Å². The predicted molar refractivity (Wildman–Crippen MR) is 107 cm³/mol. The molecule has 30 heavy (non-hydrogen) atoms. The monoisotopic (exact) mass is 410 g/mol. The van der Waals surface area contributed by atoms with Crippen LogP contribution >= 0.6 is 0 Å². The van der Waals surface area contributed by atoms with Crippen LogP contribution in [0.15, 0.2) is 42.5 Å². The summed E-state index contributed by atoms with van der Waals surface area (Å²) < 4.78 is 21.3. The third kappa shape index (κ3) is 5.27. The molecule has 8 heteroatoms. The molecule has 0 aliphatic carbocycles. The van der Waals surface area contributed by atoms with Crippen molar-refractivity contribution < 1.29 is 28.5 Å². The summed E-state index contributed by atoms with van der Waals surface area (Å²) in [6.45, 7) is 1.04. The summed E-state index contributed by atoms with van der Waals surface area (Å²) in [7, 11) is 1.59. The van der Waals surface area contributed by atoms with Crippen LogP contribution in [0.2, 0.25) is 0 Å². The minimum Gasteiger partial charge on any atom is -0.486 e. The van der Waals surface area contributed by atoms with Gasteiger partial charge in [0.15, 0.2) is 18.1 Å². The highest BCUT2D eigenvalue weighted by Crippen LogP contribution is 2.34. The van der Waals surface area contributed by atoms with Crippen LogP contribution in [0.5, 0.6) is 11.5 Å². The van der Waals surface area contributed by atoms with Gasteiger partial charge in [-0.1, -0.05) is 12.1 Å². The van der Waals surface area contributed by atoms with E-state index in [2.05, 4.69) is 0 Å². The number of methoxy groups -OCH3 is 1. The Kier molecular flexibility index (Phi) is 7.24. The lowest BCUT2D eigenvalue weighted by Gasteiger charge is -2.24. The van der Waals surface area contributed by atoms with Gasteiger partial charge in [-0.15, -0.1) is 0 Å². The number of anilines is 1. The normalized spacial score (nSPS) is 12.0. The second-order valence-corrected chi connectivity index (χ2v) is 6.49. The number of amides is 1. The minimum absolute atomic E-state index is 0.134. The van der Waals surface area contributed by atoms with Gasteiger partial charge < -0.3 is 23.8 Å². The molecule has 0 saturated heterocycles. The average Bonchev–Trinajstić information content (AvgIpc) is 2.78. The van der Waals surface area contributed by atoms with Crippen molar-refractivity contribution >= 4 is 17.6 Å². The zero-order valence-corrected chi connectivity index (χ0v) is 16.6. The highest BCUT2D eigenvalue weighted by molar-refractivity contribution is 5.97. The highest BCUT2D eigenvalue weighted by Gasteiger charge is 2.21. The largest absolute Gasteiger partial charge is 0.486 e. The van der Waals surface area contributed by atoms with Crippen molar-refractivity contribution in [2.45, 2.75) is 13.0 Å². The molecule has 1 amide bonds. The number of esters is 1. The standard InChI is InChI=1S/C22H22N2O6/c1-27-14-16-3-5-17(6-4-16)22(26)30-15-21(25)24(10-2-9-23)18-7-8-19-20(13-18)29-12-11-28-19/h3-8,13H,2,10-12,14-15H2,1H3. The maximum atomic E-state index is 12.7. The Labute approximate surface area is 174 Å². The van der Waals surface area contributed by atoms with Gasteiger partial charge in [0, 0.05) is 25.4 Å². The first-order valence-electron chi connectivity index (χ1n) is 9.44. The summed E-state index contributed by atoms with van der Waals surface area (Å²) in [5.74, 6) is 0.0867. The molecule has 0 N–H and O–H groups in total. The van der Waals surface area contributed by atoms with Gasteiger partial charge in [-0.2, -0.15) is 5.26 Å². The van der Waals surface area contributed by atoms with E-state index in [1.807, 2.05) is 6.07 Å². The Morgan fingerprint density at radius 1 is 1.10 bits per heavy atom. The second-order valence-electron chi connectivity index (χ2n) is 6.49. The third-order valence-electron chi connectivity index (χ3n) is 4.41. The lowest BCUT2D eigenvalue weighted by molar-refractivity contribution is -0.121. The van der Waals surface area contributed by atoms with Gasteiger partial charge in [-0.25, -0.2) is 4.79 Å². The van der Waals surface area contributed by atoms with Crippen molar-refractivity contribution in [2.24, 2.45) is 0 Å². The molecule has 0 atom stereocenters. The number of carbonyl (C=O) groups excluding carboxylic acids is 2. The number of hydrogen-bond acceptors (Lipinski definition) is 7. The van der Waals surface area contributed by atoms with Crippen LogP contribution in [0.3, 0.4) is 0 Å². The van der Waals surface area contributed by atoms with Gasteiger partial charge in [0.2, 0.25) is 0 Å². The summed E-state index contributed by atoms with van der Waals surface area (Å²) in [6, 6.07) is 13.9. The van der Waals surface area contributed by atoms with Gasteiger partial charge in [0.1, 0.15) is 13.2 Å². The molecule has 1 aliphatic heterocycles. The molecule has 156 valence electrons. The van der Waals surface area contributed by atoms with Crippen LogP contribution in [0, 0.1) is 11.3 Å². The van der Waals surface area contributed by atoms with Crippen molar-refractivity contribution in [2.75, 3.05) is 38.4 Å². The molecule has 0 unspecified atom stereocenters. The molecular formula is C22H22N2O6. The number of nitrogens with zero attached hydrogens (tertiary/aromatic N) is 2. The van der Waals surface area contributed by atoms with E-state index in [1.165, 1.54) is 4.90 Å². The quantitative estimate of drug-likeness (QED) is 0.617. The lowest BCUT2D eigenvalue weighted by Crippen LogP contribution is -2.35. The second kappa shape index (κ2) is 10.3. The maximum absolute atomic E-state index is 12.7. The van der Waals surface area contributed by atoms with Gasteiger partial charge in [0.25, 0.3) is 5.91 Å². The molecule has 2 aromatic rings. The van der Waals surface area contributed by atoms with Gasteiger partial charge >= 0.3 is 5.97 Å². The predicted octanol–water partition coefficient (Wildman–Crippen LogP) is 2.71. The number of carbonyl (C=O) groups is 2. The topological polar surface area (TPSA) is 98.1 Å². The fourth-order valence-corrected chi connectivity index (χ4v) is 2.95. The van der Waals surface area contributed by atoms with E-state index in [0.29, 0.717) is 42.6 Å². The number of ether oxygens (including phenoxy) is 4. The Hall–Kier alpha value is -3.57. The van der Waals surface area contributed by atoms with Crippen molar-refractivity contribution in [1.29, 1.82) is 5.26 Å². The van der Waals surface area contributed by atoms with E-state index in [1.54, 1.807) is 49.6 Å². The van der Waals surface area contributed by atoms with Crippen LogP contribution in [-0.2, 0) is 20.9 Å². The highest BCUT2D eigenvalue weighted by atomic mass is 16.6. The van der Waals surface area contributed by atoms with Crippen molar-refractivity contribution in [1.82, 2.24) is 0 Å². The first-order chi connectivity index (χ1) is 14.6. The number of nitriles is 1. The molecule has 0 aromatic heterocycles.